The quantitative estimate of drug-likeness (QED) is 0.720. The topological polar surface area (TPSA) is 26.5 Å². The lowest BCUT2D eigenvalue weighted by atomic mass is 10.1. The van der Waals surface area contributed by atoms with Crippen LogP contribution in [0.15, 0.2) is 48.8 Å². The summed E-state index contributed by atoms with van der Waals surface area (Å²) in [5.41, 5.74) is 2.04. The Morgan fingerprint density at radius 1 is 1.16 bits per heavy atom. The average Bonchev–Trinajstić information content (AvgIpc) is 2.84. The van der Waals surface area contributed by atoms with E-state index in [4.69, 9.17) is 4.74 Å². The monoisotopic (exact) mass is 256 g/mol. The lowest BCUT2D eigenvalue weighted by Gasteiger charge is -2.04. The van der Waals surface area contributed by atoms with E-state index in [-0.39, 0.29) is 5.82 Å². The van der Waals surface area contributed by atoms with E-state index in [9.17, 15) is 4.39 Å². The summed E-state index contributed by atoms with van der Waals surface area (Å²) in [7, 11) is 1.64. The van der Waals surface area contributed by atoms with Crippen molar-refractivity contribution in [2.45, 2.75) is 6.42 Å². The second kappa shape index (κ2) is 4.72. The number of ether oxygens (including phenoxy) is 1. The fourth-order valence-electron chi connectivity index (χ4n) is 2.06. The van der Waals surface area contributed by atoms with Gasteiger partial charge >= 0.3 is 0 Å². The molecule has 0 spiro atoms. The molecule has 0 amide bonds. The molecule has 1 aromatic carbocycles. The summed E-state index contributed by atoms with van der Waals surface area (Å²) in [6.07, 6.45) is 4.38. The molecule has 96 valence electrons. The van der Waals surface area contributed by atoms with Crippen LogP contribution < -0.4 is 4.74 Å². The summed E-state index contributed by atoms with van der Waals surface area (Å²) >= 11 is 0. The lowest BCUT2D eigenvalue weighted by Crippen LogP contribution is -1.97. The second-order valence-electron chi connectivity index (χ2n) is 4.34. The van der Waals surface area contributed by atoms with E-state index < -0.39 is 0 Å². The van der Waals surface area contributed by atoms with Gasteiger partial charge in [0.2, 0.25) is 0 Å². The molecule has 3 nitrogen and oxygen atoms in total. The molecule has 0 radical (unpaired) electrons. The van der Waals surface area contributed by atoms with Crippen LogP contribution in [0.25, 0.3) is 5.52 Å². The molecular weight excluding hydrogens is 243 g/mol. The highest BCUT2D eigenvalue weighted by Crippen LogP contribution is 2.17. The van der Waals surface area contributed by atoms with Gasteiger partial charge in [0.15, 0.2) is 0 Å². The number of benzene rings is 1. The highest BCUT2D eigenvalue weighted by atomic mass is 19.1. The van der Waals surface area contributed by atoms with Crippen molar-refractivity contribution < 1.29 is 9.13 Å². The minimum atomic E-state index is -0.224. The van der Waals surface area contributed by atoms with Crippen LogP contribution in [0.3, 0.4) is 0 Å². The van der Waals surface area contributed by atoms with E-state index in [0.29, 0.717) is 6.42 Å². The molecule has 19 heavy (non-hydrogen) atoms. The molecule has 0 fully saturated rings. The van der Waals surface area contributed by atoms with Crippen LogP contribution in [0.5, 0.6) is 5.75 Å². The van der Waals surface area contributed by atoms with Crippen molar-refractivity contribution in [2.75, 3.05) is 7.11 Å². The van der Waals surface area contributed by atoms with Gasteiger partial charge in [-0.25, -0.2) is 9.37 Å². The van der Waals surface area contributed by atoms with E-state index in [2.05, 4.69) is 4.98 Å². The molecule has 3 rings (SSSR count). The summed E-state index contributed by atoms with van der Waals surface area (Å²) in [6.45, 7) is 0. The lowest BCUT2D eigenvalue weighted by molar-refractivity contribution is 0.412. The Balaban J connectivity index is 1.98. The Morgan fingerprint density at radius 3 is 2.68 bits per heavy atom. The first-order valence-corrected chi connectivity index (χ1v) is 6.01. The first-order chi connectivity index (χ1) is 9.26. The maximum atomic E-state index is 12.9. The molecule has 0 atom stereocenters. The number of aromatic nitrogens is 2. The Bertz CT molecular complexity index is 704. The van der Waals surface area contributed by atoms with Crippen LogP contribution in [-0.2, 0) is 6.42 Å². The van der Waals surface area contributed by atoms with Crippen molar-refractivity contribution in [2.24, 2.45) is 0 Å². The van der Waals surface area contributed by atoms with Gasteiger partial charge in [-0.1, -0.05) is 12.1 Å². The number of methoxy groups -OCH3 is 1. The second-order valence-corrected chi connectivity index (χ2v) is 4.34. The number of nitrogens with zero attached hydrogens (tertiary/aromatic N) is 2. The third-order valence-corrected chi connectivity index (χ3v) is 3.09. The molecule has 0 N–H and O–H groups in total. The third-order valence-electron chi connectivity index (χ3n) is 3.09. The predicted octanol–water partition coefficient (Wildman–Crippen LogP) is 3.07. The third kappa shape index (κ3) is 2.29. The molecule has 4 heteroatoms. The van der Waals surface area contributed by atoms with Crippen molar-refractivity contribution in [1.82, 2.24) is 9.38 Å². The number of rotatable bonds is 3. The molecule has 0 aliphatic rings. The van der Waals surface area contributed by atoms with Crippen molar-refractivity contribution in [3.63, 3.8) is 0 Å². The fourth-order valence-corrected chi connectivity index (χ4v) is 2.06. The summed E-state index contributed by atoms with van der Waals surface area (Å²) in [4.78, 5) is 4.40. The minimum absolute atomic E-state index is 0.224. The van der Waals surface area contributed by atoms with Crippen molar-refractivity contribution in [3.05, 3.63) is 66.0 Å². The van der Waals surface area contributed by atoms with Gasteiger partial charge in [-0.15, -0.1) is 0 Å². The average molecular weight is 256 g/mol. The molecular formula is C15H13FN2O. The SMILES string of the molecule is COc1ccc2cnc(Cc3ccc(F)cc3)n2c1. The van der Waals surface area contributed by atoms with Gasteiger partial charge in [0.25, 0.3) is 0 Å². The molecule has 0 saturated carbocycles. The zero-order valence-electron chi connectivity index (χ0n) is 10.5. The summed E-state index contributed by atoms with van der Waals surface area (Å²) in [5, 5.41) is 0. The Labute approximate surface area is 110 Å². The first kappa shape index (κ1) is 11.7. The number of hydrogen-bond donors (Lipinski definition) is 0. The van der Waals surface area contributed by atoms with Crippen molar-refractivity contribution >= 4 is 5.52 Å². The smallest absolute Gasteiger partial charge is 0.135 e. The highest BCUT2D eigenvalue weighted by Gasteiger charge is 2.06. The van der Waals surface area contributed by atoms with Crippen LogP contribution in [0.2, 0.25) is 0 Å². The Morgan fingerprint density at radius 2 is 1.95 bits per heavy atom. The summed E-state index contributed by atoms with van der Waals surface area (Å²) in [6, 6.07) is 10.3. The fraction of sp³-hybridized carbons (Fsp3) is 0.133. The van der Waals surface area contributed by atoms with E-state index in [0.717, 1.165) is 22.7 Å². The number of imidazole rings is 1. The maximum Gasteiger partial charge on any atom is 0.135 e. The van der Waals surface area contributed by atoms with Gasteiger partial charge in [-0.3, -0.25) is 4.40 Å². The normalized spacial score (nSPS) is 10.8. The number of halogens is 1. The van der Waals surface area contributed by atoms with Crippen LogP contribution >= 0.6 is 0 Å². The Hall–Kier alpha value is -2.36. The zero-order chi connectivity index (χ0) is 13.2. The van der Waals surface area contributed by atoms with Crippen molar-refractivity contribution in [1.29, 1.82) is 0 Å². The molecule has 2 aromatic heterocycles. The molecule has 0 unspecified atom stereocenters. The number of fused-ring (bicyclic) bond motifs is 1. The standard InChI is InChI=1S/C15H13FN2O/c1-19-14-7-6-13-9-17-15(18(13)10-14)8-11-2-4-12(16)5-3-11/h2-7,9-10H,8H2,1H3. The first-order valence-electron chi connectivity index (χ1n) is 6.01. The van der Waals surface area contributed by atoms with E-state index in [1.807, 2.05) is 28.9 Å². The van der Waals surface area contributed by atoms with Crippen molar-refractivity contribution in [3.8, 4) is 5.75 Å². The van der Waals surface area contributed by atoms with Gasteiger partial charge < -0.3 is 4.74 Å². The Kier molecular flexibility index (Phi) is 2.91. The predicted molar refractivity (Wildman–Crippen MR) is 71.0 cm³/mol. The van der Waals surface area contributed by atoms with Gasteiger partial charge in [0.05, 0.1) is 25.0 Å². The zero-order valence-corrected chi connectivity index (χ0v) is 10.5. The summed E-state index contributed by atoms with van der Waals surface area (Å²) < 4.78 is 20.1. The number of hydrogen-bond acceptors (Lipinski definition) is 2. The van der Waals surface area contributed by atoms with Crippen LogP contribution in [0, 0.1) is 5.82 Å². The molecule has 0 aliphatic carbocycles. The number of pyridine rings is 1. The van der Waals surface area contributed by atoms with E-state index in [1.165, 1.54) is 12.1 Å². The van der Waals surface area contributed by atoms with E-state index >= 15 is 0 Å². The van der Waals surface area contributed by atoms with Gasteiger partial charge in [-0.05, 0) is 29.8 Å². The largest absolute Gasteiger partial charge is 0.495 e. The van der Waals surface area contributed by atoms with Gasteiger partial charge in [-0.2, -0.15) is 0 Å². The molecule has 3 aromatic rings. The minimum Gasteiger partial charge on any atom is -0.495 e. The molecule has 0 aliphatic heterocycles. The maximum absolute atomic E-state index is 12.9. The van der Waals surface area contributed by atoms with Crippen LogP contribution in [-0.4, -0.2) is 16.5 Å². The molecule has 2 heterocycles. The highest BCUT2D eigenvalue weighted by molar-refractivity contribution is 5.48. The van der Waals surface area contributed by atoms with Crippen LogP contribution in [0.1, 0.15) is 11.4 Å². The summed E-state index contributed by atoms with van der Waals surface area (Å²) in [5.74, 6) is 1.46. The molecule has 0 saturated heterocycles. The molecule has 0 bridgehead atoms. The van der Waals surface area contributed by atoms with Crippen LogP contribution in [0.4, 0.5) is 4.39 Å². The van der Waals surface area contributed by atoms with Gasteiger partial charge in [0, 0.05) is 6.42 Å². The van der Waals surface area contributed by atoms with Gasteiger partial charge in [0.1, 0.15) is 17.4 Å². The van der Waals surface area contributed by atoms with E-state index in [1.54, 1.807) is 19.2 Å².